The molecule has 0 atom stereocenters. The largest absolute Gasteiger partial charge is 0.282 e. The topological polar surface area (TPSA) is 17.1 Å². The van der Waals surface area contributed by atoms with E-state index in [0.717, 1.165) is 10.5 Å². The van der Waals surface area contributed by atoms with Crippen LogP contribution in [0.2, 0.25) is 0 Å². The van der Waals surface area contributed by atoms with E-state index in [1.807, 2.05) is 6.08 Å². The Morgan fingerprint density at radius 1 is 1.70 bits per heavy atom. The highest BCUT2D eigenvalue weighted by molar-refractivity contribution is 9.11. The summed E-state index contributed by atoms with van der Waals surface area (Å²) in [7, 11) is 0. The number of carbonyl (C=O) groups excluding carboxylic acids is 1. The lowest BCUT2D eigenvalue weighted by molar-refractivity contribution is -0.107. The zero-order valence-corrected chi connectivity index (χ0v) is 8.92. The van der Waals surface area contributed by atoms with Crippen LogP contribution in [0, 0.1) is 0 Å². The highest BCUT2D eigenvalue weighted by Crippen LogP contribution is 2.31. The van der Waals surface area contributed by atoms with Crippen LogP contribution in [0.1, 0.15) is 0 Å². The molecule has 0 amide bonds. The van der Waals surface area contributed by atoms with Crippen LogP contribution in [0.4, 0.5) is 0 Å². The summed E-state index contributed by atoms with van der Waals surface area (Å²) in [6, 6.07) is 0. The van der Waals surface area contributed by atoms with Gasteiger partial charge in [0.25, 0.3) is 0 Å². The minimum atomic E-state index is 0.141. The van der Waals surface area contributed by atoms with Crippen LogP contribution >= 0.6 is 43.6 Å². The number of halogens is 2. The van der Waals surface area contributed by atoms with E-state index in [0.29, 0.717) is 5.33 Å². The quantitative estimate of drug-likeness (QED) is 0.689. The first kappa shape index (κ1) is 8.56. The standard InChI is InChI=1S/C6H4Br2OS/c7-2-4-1-5(3-8)10-6(4)9/h1,3H,2H2/b5-3+. The number of carbonyl (C=O) groups is 1. The van der Waals surface area contributed by atoms with Gasteiger partial charge in [0.1, 0.15) is 0 Å². The van der Waals surface area contributed by atoms with Crippen molar-refractivity contribution < 1.29 is 4.79 Å². The Balaban J connectivity index is 2.82. The van der Waals surface area contributed by atoms with Gasteiger partial charge in [-0.15, -0.1) is 0 Å². The highest BCUT2D eigenvalue weighted by Gasteiger charge is 2.17. The minimum Gasteiger partial charge on any atom is -0.282 e. The second-order valence-corrected chi connectivity index (χ2v) is 3.77. The number of alkyl halides is 1. The van der Waals surface area contributed by atoms with E-state index in [1.165, 1.54) is 11.8 Å². The molecule has 0 fully saturated rings. The molecule has 10 heavy (non-hydrogen) atoms. The van der Waals surface area contributed by atoms with Crippen LogP contribution in [0.5, 0.6) is 0 Å². The second kappa shape index (κ2) is 3.74. The maximum atomic E-state index is 11.0. The Bertz CT molecular complexity index is 220. The van der Waals surface area contributed by atoms with Crippen molar-refractivity contribution >= 4 is 48.7 Å². The van der Waals surface area contributed by atoms with Crippen LogP contribution in [0.25, 0.3) is 0 Å². The molecular weight excluding hydrogens is 280 g/mol. The van der Waals surface area contributed by atoms with Crippen molar-refractivity contribution in [3.63, 3.8) is 0 Å². The first-order valence-electron chi connectivity index (χ1n) is 2.57. The number of hydrogen-bond donors (Lipinski definition) is 0. The number of rotatable bonds is 1. The van der Waals surface area contributed by atoms with Gasteiger partial charge in [0.05, 0.1) is 0 Å². The molecule has 1 aliphatic heterocycles. The maximum Gasteiger partial charge on any atom is 0.220 e. The molecule has 4 heteroatoms. The van der Waals surface area contributed by atoms with Crippen LogP contribution < -0.4 is 0 Å². The number of hydrogen-bond acceptors (Lipinski definition) is 2. The Morgan fingerprint density at radius 3 is 2.70 bits per heavy atom. The van der Waals surface area contributed by atoms with Gasteiger partial charge in [-0.05, 0) is 22.8 Å². The fourth-order valence-electron chi connectivity index (χ4n) is 0.580. The fourth-order valence-corrected chi connectivity index (χ4v) is 2.32. The zero-order valence-electron chi connectivity index (χ0n) is 4.93. The molecule has 0 unspecified atom stereocenters. The lowest BCUT2D eigenvalue weighted by atomic mass is 10.3. The highest BCUT2D eigenvalue weighted by atomic mass is 79.9. The average molecular weight is 284 g/mol. The molecule has 0 aliphatic carbocycles. The lowest BCUT2D eigenvalue weighted by Gasteiger charge is -1.86. The zero-order chi connectivity index (χ0) is 7.56. The van der Waals surface area contributed by atoms with E-state index in [1.54, 1.807) is 4.99 Å². The van der Waals surface area contributed by atoms with Crippen molar-refractivity contribution in [1.29, 1.82) is 0 Å². The summed E-state index contributed by atoms with van der Waals surface area (Å²) in [6.45, 7) is 0. The monoisotopic (exact) mass is 282 g/mol. The first-order valence-corrected chi connectivity index (χ1v) is 5.42. The van der Waals surface area contributed by atoms with Gasteiger partial charge < -0.3 is 0 Å². The Morgan fingerprint density at radius 2 is 2.40 bits per heavy atom. The van der Waals surface area contributed by atoms with Gasteiger partial charge in [0.15, 0.2) is 0 Å². The fraction of sp³-hybridized carbons (Fsp3) is 0.167. The van der Waals surface area contributed by atoms with Crippen molar-refractivity contribution in [3.05, 3.63) is 21.5 Å². The molecule has 1 aliphatic rings. The molecule has 1 heterocycles. The van der Waals surface area contributed by atoms with E-state index in [-0.39, 0.29) is 5.12 Å². The van der Waals surface area contributed by atoms with E-state index < -0.39 is 0 Å². The molecule has 0 aromatic heterocycles. The first-order chi connectivity index (χ1) is 4.77. The number of allylic oxidation sites excluding steroid dienone is 1. The molecule has 0 aromatic rings. The third-order valence-electron chi connectivity index (χ3n) is 1.04. The molecule has 0 radical (unpaired) electrons. The van der Waals surface area contributed by atoms with Crippen LogP contribution in [-0.4, -0.2) is 10.4 Å². The van der Waals surface area contributed by atoms with E-state index in [9.17, 15) is 4.79 Å². The summed E-state index contributed by atoms with van der Waals surface area (Å²) in [5.74, 6) is 0. The number of thioether (sulfide) groups is 1. The Kier molecular flexibility index (Phi) is 3.20. The smallest absolute Gasteiger partial charge is 0.220 e. The van der Waals surface area contributed by atoms with Gasteiger partial charge in [-0.3, -0.25) is 4.79 Å². The van der Waals surface area contributed by atoms with Gasteiger partial charge in [0, 0.05) is 15.8 Å². The van der Waals surface area contributed by atoms with Crippen molar-refractivity contribution in [2.45, 2.75) is 0 Å². The van der Waals surface area contributed by atoms with Crippen LogP contribution in [0.3, 0.4) is 0 Å². The molecule has 1 nitrogen and oxygen atoms in total. The average Bonchev–Trinajstić information content (AvgIpc) is 2.30. The lowest BCUT2D eigenvalue weighted by Crippen LogP contribution is -1.90. The summed E-state index contributed by atoms with van der Waals surface area (Å²) in [5.41, 5.74) is 0.829. The van der Waals surface area contributed by atoms with Gasteiger partial charge in [0.2, 0.25) is 5.12 Å². The summed E-state index contributed by atoms with van der Waals surface area (Å²) >= 11 is 7.64. The van der Waals surface area contributed by atoms with E-state index in [2.05, 4.69) is 31.9 Å². The third-order valence-corrected chi connectivity index (χ3v) is 3.36. The summed E-state index contributed by atoms with van der Waals surface area (Å²) in [5, 5.41) is 0.783. The normalized spacial score (nSPS) is 22.0. The van der Waals surface area contributed by atoms with Crippen LogP contribution in [0.15, 0.2) is 21.5 Å². The third kappa shape index (κ3) is 1.74. The molecule has 0 spiro atoms. The molecule has 1 rings (SSSR count). The van der Waals surface area contributed by atoms with E-state index >= 15 is 0 Å². The predicted molar refractivity (Wildman–Crippen MR) is 51.5 cm³/mol. The molecule has 0 aromatic carbocycles. The minimum absolute atomic E-state index is 0.141. The van der Waals surface area contributed by atoms with Gasteiger partial charge >= 0.3 is 0 Å². The van der Waals surface area contributed by atoms with Gasteiger partial charge in [-0.1, -0.05) is 31.9 Å². The molecular formula is C6H4Br2OS. The second-order valence-electron chi connectivity index (χ2n) is 1.70. The van der Waals surface area contributed by atoms with Crippen molar-refractivity contribution in [3.8, 4) is 0 Å². The van der Waals surface area contributed by atoms with Gasteiger partial charge in [-0.25, -0.2) is 0 Å². The summed E-state index contributed by atoms with van der Waals surface area (Å²) < 4.78 is 0. The summed E-state index contributed by atoms with van der Waals surface area (Å²) in [6.07, 6.45) is 1.87. The molecule has 0 bridgehead atoms. The van der Waals surface area contributed by atoms with Crippen molar-refractivity contribution in [2.24, 2.45) is 0 Å². The van der Waals surface area contributed by atoms with Crippen molar-refractivity contribution in [2.75, 3.05) is 5.33 Å². The Labute approximate surface area is 80.2 Å². The molecule has 54 valence electrons. The van der Waals surface area contributed by atoms with E-state index in [4.69, 9.17) is 0 Å². The maximum absolute atomic E-state index is 11.0. The predicted octanol–water partition coefficient (Wildman–Crippen LogP) is 2.82. The Hall–Kier alpha value is 0.460. The molecule has 0 saturated heterocycles. The van der Waals surface area contributed by atoms with Crippen molar-refractivity contribution in [1.82, 2.24) is 0 Å². The van der Waals surface area contributed by atoms with Crippen LogP contribution in [-0.2, 0) is 4.79 Å². The molecule has 0 saturated carbocycles. The molecule has 0 N–H and O–H groups in total. The SMILES string of the molecule is O=C1S/C(=C/Br)C=C1CBr. The van der Waals surface area contributed by atoms with Gasteiger partial charge in [-0.2, -0.15) is 0 Å². The summed E-state index contributed by atoms with van der Waals surface area (Å²) in [4.78, 5) is 13.7.